The van der Waals surface area contributed by atoms with Gasteiger partial charge in [0.05, 0.1) is 6.42 Å². The number of nitrogens with two attached hydrogens (primary N) is 1. The lowest BCUT2D eigenvalue weighted by Crippen LogP contribution is -2.05. The molecule has 0 aliphatic heterocycles. The van der Waals surface area contributed by atoms with Crippen molar-refractivity contribution < 1.29 is 42.9 Å². The Labute approximate surface area is 84.2 Å². The summed E-state index contributed by atoms with van der Waals surface area (Å²) in [6.45, 7) is 0.231. The Morgan fingerprint density at radius 2 is 1.47 bits per heavy atom. The summed E-state index contributed by atoms with van der Waals surface area (Å²) < 4.78 is 22.2. The van der Waals surface area contributed by atoms with Gasteiger partial charge in [0.1, 0.15) is 0 Å². The average Bonchev–Trinajstić information content (AvgIpc) is 1.77. The first kappa shape index (κ1) is 17.1. The molecule has 12 heteroatoms. The van der Waals surface area contributed by atoms with Gasteiger partial charge in [0.2, 0.25) is 0 Å². The fraction of sp³-hybridized carbons (Fsp3) is 0.667. The maximum Gasteiger partial charge on any atom is 0.478 e. The highest BCUT2D eigenvalue weighted by Gasteiger charge is 2.27. The lowest BCUT2D eigenvalue weighted by atomic mass is 10.5. The van der Waals surface area contributed by atoms with E-state index in [4.69, 9.17) is 30.4 Å². The molecule has 15 heavy (non-hydrogen) atoms. The highest BCUT2D eigenvalue weighted by molar-refractivity contribution is 7.60. The first-order chi connectivity index (χ1) is 6.48. The second-order valence-electron chi connectivity index (χ2n) is 2.00. The molecule has 0 aliphatic rings. The minimum atomic E-state index is -5.05. The number of carboxylic acid groups (broad SMARTS) is 1. The summed E-state index contributed by atoms with van der Waals surface area (Å²) in [6, 6.07) is 0. The van der Waals surface area contributed by atoms with Crippen LogP contribution in [0.25, 0.3) is 0 Å². The van der Waals surface area contributed by atoms with E-state index in [1.54, 1.807) is 0 Å². The molecule has 0 saturated heterocycles. The fourth-order valence-corrected chi connectivity index (χ4v) is 1.37. The second-order valence-corrected chi connectivity index (χ2v) is 4.61. The molecule has 0 amide bonds. The zero-order valence-corrected chi connectivity index (χ0v) is 9.04. The van der Waals surface area contributed by atoms with Gasteiger partial charge in [-0.25, -0.2) is 9.13 Å². The van der Waals surface area contributed by atoms with Crippen molar-refractivity contribution in [3.8, 4) is 0 Å². The van der Waals surface area contributed by atoms with Crippen LogP contribution in [-0.2, 0) is 18.2 Å². The van der Waals surface area contributed by atoms with Crippen LogP contribution in [0.5, 0.6) is 0 Å². The van der Waals surface area contributed by atoms with E-state index in [1.807, 2.05) is 0 Å². The average molecular weight is 267 g/mol. The van der Waals surface area contributed by atoms with Gasteiger partial charge < -0.3 is 30.4 Å². The predicted octanol–water partition coefficient (Wildman–Crippen LogP) is -1.39. The van der Waals surface area contributed by atoms with Gasteiger partial charge >= 0.3 is 21.6 Å². The third-order valence-electron chi connectivity index (χ3n) is 0.571. The molecule has 0 rings (SSSR count). The van der Waals surface area contributed by atoms with Crippen LogP contribution in [0.2, 0.25) is 0 Å². The molecule has 0 saturated carbocycles. The molecular formula is C3H11NO9P2. The number of carboxylic acids is 1. The van der Waals surface area contributed by atoms with Gasteiger partial charge in [0, 0.05) is 6.54 Å². The van der Waals surface area contributed by atoms with E-state index >= 15 is 0 Å². The molecule has 0 spiro atoms. The summed E-state index contributed by atoms with van der Waals surface area (Å²) in [5.41, 5.74) is 4.85. The van der Waals surface area contributed by atoms with E-state index in [9.17, 15) is 13.9 Å². The molecule has 7 N–H and O–H groups in total. The van der Waals surface area contributed by atoms with Crippen LogP contribution < -0.4 is 5.73 Å². The maximum atomic E-state index is 9.63. The van der Waals surface area contributed by atoms with E-state index in [0.29, 0.717) is 0 Å². The summed E-state index contributed by atoms with van der Waals surface area (Å²) in [5, 5.41) is 7.83. The number of aliphatic carboxylic acids is 1. The molecule has 0 atom stereocenters. The van der Waals surface area contributed by atoms with Gasteiger partial charge in [-0.15, -0.1) is 0 Å². The zero-order valence-electron chi connectivity index (χ0n) is 7.26. The van der Waals surface area contributed by atoms with Crippen molar-refractivity contribution in [2.45, 2.75) is 6.42 Å². The second kappa shape index (κ2) is 7.04. The van der Waals surface area contributed by atoms with Crippen LogP contribution >= 0.6 is 15.6 Å². The van der Waals surface area contributed by atoms with Gasteiger partial charge in [-0.3, -0.25) is 4.79 Å². The van der Waals surface area contributed by atoms with Crippen LogP contribution in [0.4, 0.5) is 0 Å². The van der Waals surface area contributed by atoms with Crippen molar-refractivity contribution in [3.63, 3.8) is 0 Å². The minimum Gasteiger partial charge on any atom is -0.481 e. The maximum absolute atomic E-state index is 9.63. The van der Waals surface area contributed by atoms with Crippen LogP contribution in [0, 0.1) is 0 Å². The molecule has 0 unspecified atom stereocenters. The third kappa shape index (κ3) is 24.8. The van der Waals surface area contributed by atoms with Gasteiger partial charge in [0.15, 0.2) is 0 Å². The molecule has 0 bridgehead atoms. The fourth-order valence-electron chi connectivity index (χ4n) is 0.262. The van der Waals surface area contributed by atoms with Crippen molar-refractivity contribution in [3.05, 3.63) is 0 Å². The molecular weight excluding hydrogens is 256 g/mol. The van der Waals surface area contributed by atoms with Crippen molar-refractivity contribution in [2.75, 3.05) is 6.54 Å². The first-order valence-electron chi connectivity index (χ1n) is 3.22. The standard InChI is InChI=1S/C3H7NO2.H4O7P2/c4-2-1-3(5)6;1-8(2,3)7-9(4,5)6/h1-2,4H2,(H,5,6);(H2,1,2,3)(H2,4,5,6). The molecule has 0 aromatic carbocycles. The number of carbonyl (C=O) groups is 1. The monoisotopic (exact) mass is 267 g/mol. The van der Waals surface area contributed by atoms with Crippen molar-refractivity contribution >= 4 is 21.6 Å². The van der Waals surface area contributed by atoms with Gasteiger partial charge in [-0.2, -0.15) is 4.31 Å². The molecule has 0 fully saturated rings. The summed E-state index contributed by atoms with van der Waals surface area (Å²) in [6.07, 6.45) is 0.0694. The molecule has 10 nitrogen and oxygen atoms in total. The largest absolute Gasteiger partial charge is 0.481 e. The third-order valence-corrected chi connectivity index (χ3v) is 2.27. The number of hydrogen-bond acceptors (Lipinski definition) is 5. The van der Waals surface area contributed by atoms with Crippen molar-refractivity contribution in [1.82, 2.24) is 0 Å². The van der Waals surface area contributed by atoms with Crippen LogP contribution in [0.15, 0.2) is 0 Å². The molecule has 0 aliphatic carbocycles. The lowest BCUT2D eigenvalue weighted by Gasteiger charge is -2.03. The highest BCUT2D eigenvalue weighted by atomic mass is 31.3. The Morgan fingerprint density at radius 3 is 1.47 bits per heavy atom. The summed E-state index contributed by atoms with van der Waals surface area (Å²) in [4.78, 5) is 40.5. The number of hydrogen-bond donors (Lipinski definition) is 6. The Balaban J connectivity index is 0. The Bertz CT molecular complexity index is 257. The molecule has 92 valence electrons. The Kier molecular flexibility index (Phi) is 8.03. The number of phosphoric acid groups is 2. The van der Waals surface area contributed by atoms with E-state index in [1.165, 1.54) is 0 Å². The van der Waals surface area contributed by atoms with Gasteiger partial charge in [-0.1, -0.05) is 0 Å². The summed E-state index contributed by atoms with van der Waals surface area (Å²) in [5.74, 6) is -0.836. The summed E-state index contributed by atoms with van der Waals surface area (Å²) in [7, 11) is -10.1. The Hall–Kier alpha value is -0.310. The number of rotatable bonds is 4. The van der Waals surface area contributed by atoms with Crippen LogP contribution in [-0.4, -0.2) is 37.2 Å². The van der Waals surface area contributed by atoms with E-state index in [-0.39, 0.29) is 13.0 Å². The van der Waals surface area contributed by atoms with E-state index in [0.717, 1.165) is 0 Å². The zero-order chi connectivity index (χ0) is 12.7. The van der Waals surface area contributed by atoms with Gasteiger partial charge in [-0.05, 0) is 0 Å². The minimum absolute atomic E-state index is 0.0694. The molecule has 0 heterocycles. The van der Waals surface area contributed by atoms with Crippen LogP contribution in [0.1, 0.15) is 6.42 Å². The summed E-state index contributed by atoms with van der Waals surface area (Å²) >= 11 is 0. The normalized spacial score (nSPS) is 11.5. The topological polar surface area (TPSA) is 188 Å². The Morgan fingerprint density at radius 1 is 1.13 bits per heavy atom. The molecule has 0 aromatic heterocycles. The van der Waals surface area contributed by atoms with E-state index < -0.39 is 21.6 Å². The quantitative estimate of drug-likeness (QED) is 0.331. The lowest BCUT2D eigenvalue weighted by molar-refractivity contribution is -0.136. The first-order valence-corrected chi connectivity index (χ1v) is 6.28. The van der Waals surface area contributed by atoms with Crippen LogP contribution in [0.3, 0.4) is 0 Å². The van der Waals surface area contributed by atoms with Gasteiger partial charge in [0.25, 0.3) is 0 Å². The van der Waals surface area contributed by atoms with Crippen molar-refractivity contribution in [1.29, 1.82) is 0 Å². The predicted molar refractivity (Wildman–Crippen MR) is 46.5 cm³/mol. The van der Waals surface area contributed by atoms with E-state index in [2.05, 4.69) is 4.31 Å². The highest BCUT2D eigenvalue weighted by Crippen LogP contribution is 2.53. The molecule has 0 radical (unpaired) electrons. The smallest absolute Gasteiger partial charge is 0.478 e. The molecule has 0 aromatic rings. The van der Waals surface area contributed by atoms with Crippen molar-refractivity contribution in [2.24, 2.45) is 5.73 Å². The SMILES string of the molecule is NCCC(=O)O.O=P(O)(O)OP(=O)(O)O.